The molecular formula is C18H21ClN2O3S. The van der Waals surface area contributed by atoms with Gasteiger partial charge in [0.25, 0.3) is 0 Å². The van der Waals surface area contributed by atoms with Gasteiger partial charge < -0.3 is 14.8 Å². The molecule has 0 fully saturated rings. The molecular weight excluding hydrogens is 360 g/mol. The first-order chi connectivity index (χ1) is 11.9. The molecule has 2 heterocycles. The van der Waals surface area contributed by atoms with Crippen LogP contribution in [0.5, 0.6) is 11.5 Å². The van der Waals surface area contributed by atoms with Gasteiger partial charge in [-0.3, -0.25) is 4.79 Å². The molecule has 0 bridgehead atoms. The zero-order valence-electron chi connectivity index (χ0n) is 14.5. The van der Waals surface area contributed by atoms with Crippen molar-refractivity contribution in [1.29, 1.82) is 0 Å². The Morgan fingerprint density at radius 1 is 1.48 bits per heavy atom. The summed E-state index contributed by atoms with van der Waals surface area (Å²) >= 11 is 7.02. The standard InChI is InChI=1S/C18H21ClN2O3S/c1-18(2)9-12-7-11(8-14(23-3)16(12)24-18)13-10-25-17(20-13)21-15(22)5-4-6-19/h7-8,10H,4-6,9H2,1-3H3,(H,20,21,22). The minimum Gasteiger partial charge on any atom is -0.493 e. The number of alkyl halides is 1. The molecule has 1 N–H and O–H groups in total. The molecule has 2 aromatic rings. The van der Waals surface area contributed by atoms with Crippen LogP contribution >= 0.6 is 22.9 Å². The highest BCUT2D eigenvalue weighted by molar-refractivity contribution is 7.14. The highest BCUT2D eigenvalue weighted by Crippen LogP contribution is 2.44. The minimum absolute atomic E-state index is 0.0665. The monoisotopic (exact) mass is 380 g/mol. The van der Waals surface area contributed by atoms with Crippen molar-refractivity contribution >= 4 is 34.0 Å². The normalized spacial score (nSPS) is 14.7. The molecule has 134 valence electrons. The molecule has 5 nitrogen and oxygen atoms in total. The molecule has 1 aromatic carbocycles. The molecule has 1 amide bonds. The van der Waals surface area contributed by atoms with Gasteiger partial charge in [0.2, 0.25) is 5.91 Å². The number of fused-ring (bicyclic) bond motifs is 1. The Kier molecular flexibility index (Phi) is 5.20. The van der Waals surface area contributed by atoms with E-state index in [1.54, 1.807) is 7.11 Å². The lowest BCUT2D eigenvalue weighted by atomic mass is 9.99. The van der Waals surface area contributed by atoms with Crippen LogP contribution in [0.3, 0.4) is 0 Å². The predicted molar refractivity (Wildman–Crippen MR) is 101 cm³/mol. The number of nitrogens with one attached hydrogen (secondary N) is 1. The van der Waals surface area contributed by atoms with Crippen molar-refractivity contribution in [1.82, 2.24) is 4.98 Å². The maximum atomic E-state index is 11.8. The largest absolute Gasteiger partial charge is 0.493 e. The number of carbonyl (C=O) groups excluding carboxylic acids is 1. The Balaban J connectivity index is 1.83. The Bertz CT molecular complexity index is 789. The fraction of sp³-hybridized carbons (Fsp3) is 0.444. The van der Waals surface area contributed by atoms with Crippen molar-refractivity contribution in [2.75, 3.05) is 18.3 Å². The van der Waals surface area contributed by atoms with Crippen molar-refractivity contribution in [3.8, 4) is 22.8 Å². The molecule has 0 spiro atoms. The number of anilines is 1. The molecule has 7 heteroatoms. The first kappa shape index (κ1) is 18.0. The lowest BCUT2D eigenvalue weighted by Crippen LogP contribution is -2.24. The first-order valence-corrected chi connectivity index (χ1v) is 9.55. The molecule has 0 saturated carbocycles. The van der Waals surface area contributed by atoms with E-state index in [9.17, 15) is 4.79 Å². The zero-order valence-corrected chi connectivity index (χ0v) is 16.1. The van der Waals surface area contributed by atoms with Crippen LogP contribution in [0.1, 0.15) is 32.3 Å². The van der Waals surface area contributed by atoms with Gasteiger partial charge in [-0.05, 0) is 32.4 Å². The predicted octanol–water partition coefficient (Wildman–Crippen LogP) is 4.49. The van der Waals surface area contributed by atoms with Crippen LogP contribution in [-0.2, 0) is 11.2 Å². The number of ether oxygens (including phenoxy) is 2. The fourth-order valence-electron chi connectivity index (χ4n) is 2.85. The van der Waals surface area contributed by atoms with Crippen LogP contribution in [0, 0.1) is 0 Å². The Labute approximate surface area is 156 Å². The molecule has 25 heavy (non-hydrogen) atoms. The van der Waals surface area contributed by atoms with Gasteiger partial charge in [0, 0.05) is 35.2 Å². The van der Waals surface area contributed by atoms with E-state index < -0.39 is 0 Å². The molecule has 3 rings (SSSR count). The molecule has 0 aliphatic carbocycles. The van der Waals surface area contributed by atoms with E-state index in [0.29, 0.717) is 29.6 Å². The summed E-state index contributed by atoms with van der Waals surface area (Å²) in [6.45, 7) is 4.12. The molecule has 0 saturated heterocycles. The molecule has 1 aromatic heterocycles. The second-order valence-corrected chi connectivity index (χ2v) is 7.82. The molecule has 0 atom stereocenters. The molecule has 0 radical (unpaired) electrons. The number of halogens is 1. The lowest BCUT2D eigenvalue weighted by molar-refractivity contribution is -0.116. The number of hydrogen-bond donors (Lipinski definition) is 1. The van der Waals surface area contributed by atoms with Crippen LogP contribution in [0.4, 0.5) is 5.13 Å². The van der Waals surface area contributed by atoms with Crippen LogP contribution in [-0.4, -0.2) is 29.5 Å². The van der Waals surface area contributed by atoms with Crippen LogP contribution < -0.4 is 14.8 Å². The minimum atomic E-state index is -0.238. The van der Waals surface area contributed by atoms with E-state index in [4.69, 9.17) is 21.1 Å². The van der Waals surface area contributed by atoms with Gasteiger partial charge in [0.05, 0.1) is 12.8 Å². The smallest absolute Gasteiger partial charge is 0.226 e. The second kappa shape index (κ2) is 7.22. The quantitative estimate of drug-likeness (QED) is 0.750. The van der Waals surface area contributed by atoms with E-state index >= 15 is 0 Å². The summed E-state index contributed by atoms with van der Waals surface area (Å²) in [6, 6.07) is 4.01. The number of amides is 1. The average molecular weight is 381 g/mol. The van der Waals surface area contributed by atoms with E-state index in [-0.39, 0.29) is 11.5 Å². The van der Waals surface area contributed by atoms with Crippen molar-refractivity contribution in [3.63, 3.8) is 0 Å². The maximum absolute atomic E-state index is 11.8. The topological polar surface area (TPSA) is 60.5 Å². The summed E-state index contributed by atoms with van der Waals surface area (Å²) in [5.74, 6) is 1.92. The van der Waals surface area contributed by atoms with Gasteiger partial charge in [-0.1, -0.05) is 0 Å². The van der Waals surface area contributed by atoms with Crippen molar-refractivity contribution in [3.05, 3.63) is 23.1 Å². The van der Waals surface area contributed by atoms with Gasteiger partial charge in [0.1, 0.15) is 5.60 Å². The highest BCUT2D eigenvalue weighted by atomic mass is 35.5. The van der Waals surface area contributed by atoms with Crippen molar-refractivity contribution < 1.29 is 14.3 Å². The van der Waals surface area contributed by atoms with E-state index in [1.165, 1.54) is 11.3 Å². The lowest BCUT2D eigenvalue weighted by Gasteiger charge is -2.17. The highest BCUT2D eigenvalue weighted by Gasteiger charge is 2.33. The number of benzene rings is 1. The van der Waals surface area contributed by atoms with Gasteiger partial charge in [-0.2, -0.15) is 0 Å². The fourth-order valence-corrected chi connectivity index (χ4v) is 3.72. The summed E-state index contributed by atoms with van der Waals surface area (Å²) in [6.07, 6.45) is 1.87. The number of nitrogens with zero attached hydrogens (tertiary/aromatic N) is 1. The van der Waals surface area contributed by atoms with Crippen molar-refractivity contribution in [2.45, 2.75) is 38.7 Å². The SMILES string of the molecule is COc1cc(-c2csc(NC(=O)CCCCl)n2)cc2c1OC(C)(C)C2. The van der Waals surface area contributed by atoms with Crippen LogP contribution in [0.15, 0.2) is 17.5 Å². The number of hydrogen-bond acceptors (Lipinski definition) is 5. The number of aromatic nitrogens is 1. The van der Waals surface area contributed by atoms with Gasteiger partial charge in [0.15, 0.2) is 16.6 Å². The molecule has 1 aliphatic rings. The molecule has 0 unspecified atom stereocenters. The Morgan fingerprint density at radius 3 is 3.00 bits per heavy atom. The number of methoxy groups -OCH3 is 1. The van der Waals surface area contributed by atoms with Crippen molar-refractivity contribution in [2.24, 2.45) is 0 Å². The maximum Gasteiger partial charge on any atom is 0.226 e. The average Bonchev–Trinajstić information content (AvgIpc) is 3.14. The Morgan fingerprint density at radius 2 is 2.28 bits per heavy atom. The molecule has 1 aliphatic heterocycles. The van der Waals surface area contributed by atoms with E-state index in [0.717, 1.165) is 29.0 Å². The summed E-state index contributed by atoms with van der Waals surface area (Å²) in [5.41, 5.74) is 2.63. The summed E-state index contributed by atoms with van der Waals surface area (Å²) in [4.78, 5) is 16.3. The number of thiazole rings is 1. The summed E-state index contributed by atoms with van der Waals surface area (Å²) in [7, 11) is 1.64. The van der Waals surface area contributed by atoms with E-state index in [1.807, 2.05) is 11.4 Å². The van der Waals surface area contributed by atoms with Gasteiger partial charge in [-0.25, -0.2) is 4.98 Å². The first-order valence-electron chi connectivity index (χ1n) is 8.13. The number of rotatable bonds is 6. The van der Waals surface area contributed by atoms with Crippen LogP contribution in [0.2, 0.25) is 0 Å². The summed E-state index contributed by atoms with van der Waals surface area (Å²) in [5, 5.41) is 5.33. The third-order valence-electron chi connectivity index (χ3n) is 3.93. The second-order valence-electron chi connectivity index (χ2n) is 6.58. The third kappa shape index (κ3) is 4.07. The number of carbonyl (C=O) groups is 1. The van der Waals surface area contributed by atoms with Gasteiger partial charge >= 0.3 is 0 Å². The van der Waals surface area contributed by atoms with Crippen LogP contribution in [0.25, 0.3) is 11.3 Å². The van der Waals surface area contributed by atoms with E-state index in [2.05, 4.69) is 30.2 Å². The van der Waals surface area contributed by atoms with Gasteiger partial charge in [-0.15, -0.1) is 22.9 Å². The third-order valence-corrected chi connectivity index (χ3v) is 4.95. The summed E-state index contributed by atoms with van der Waals surface area (Å²) < 4.78 is 11.5. The zero-order chi connectivity index (χ0) is 18.0. The Hall–Kier alpha value is -1.79.